The maximum atomic E-state index is 10.8. The lowest BCUT2D eigenvalue weighted by atomic mass is 9.89. The largest absolute Gasteiger partial charge is 0.454 e. The second-order valence-electron chi connectivity index (χ2n) is 5.67. The van der Waals surface area contributed by atoms with Crippen molar-refractivity contribution in [3.63, 3.8) is 0 Å². The first kappa shape index (κ1) is 14.9. The van der Waals surface area contributed by atoms with Gasteiger partial charge in [0.05, 0.1) is 5.71 Å². The number of hydrogen-bond acceptors (Lipinski definition) is 4. The van der Waals surface area contributed by atoms with Crippen molar-refractivity contribution in [3.05, 3.63) is 29.8 Å². The van der Waals surface area contributed by atoms with Crippen molar-refractivity contribution in [2.24, 2.45) is 16.3 Å². The Morgan fingerprint density at radius 2 is 2.05 bits per heavy atom. The molecule has 1 aliphatic rings. The Bertz CT molecular complexity index is 601. The van der Waals surface area contributed by atoms with E-state index >= 15 is 0 Å². The minimum Gasteiger partial charge on any atom is -0.454 e. The van der Waals surface area contributed by atoms with Gasteiger partial charge in [0.15, 0.2) is 11.5 Å². The van der Waals surface area contributed by atoms with Crippen LogP contribution in [0.4, 0.5) is 4.79 Å². The Morgan fingerprint density at radius 1 is 1.33 bits per heavy atom. The van der Waals surface area contributed by atoms with Crippen molar-refractivity contribution < 1.29 is 14.3 Å². The Labute approximate surface area is 123 Å². The van der Waals surface area contributed by atoms with Gasteiger partial charge in [-0.15, -0.1) is 0 Å². The normalized spacial score (nSPS) is 14.5. The number of amides is 2. The number of benzene rings is 1. The SMILES string of the molecule is CC(C)(C)C(/C=C/c1ccc2c(c1)OCO2)=N/NC(N)=O. The summed E-state index contributed by atoms with van der Waals surface area (Å²) in [5.41, 5.74) is 8.74. The number of fused-ring (bicyclic) bond motifs is 1. The zero-order chi connectivity index (χ0) is 15.5. The molecule has 0 aromatic heterocycles. The third kappa shape index (κ3) is 3.98. The van der Waals surface area contributed by atoms with E-state index in [4.69, 9.17) is 15.2 Å². The number of urea groups is 1. The van der Waals surface area contributed by atoms with Gasteiger partial charge in [0.25, 0.3) is 0 Å². The van der Waals surface area contributed by atoms with E-state index in [0.717, 1.165) is 17.1 Å². The van der Waals surface area contributed by atoms with Crippen LogP contribution in [0.15, 0.2) is 29.4 Å². The molecule has 1 heterocycles. The molecule has 0 aliphatic carbocycles. The monoisotopic (exact) mass is 289 g/mol. The number of carbonyl (C=O) groups excluding carboxylic acids is 1. The van der Waals surface area contributed by atoms with Crippen molar-refractivity contribution >= 4 is 17.8 Å². The van der Waals surface area contributed by atoms with E-state index in [2.05, 4.69) is 10.5 Å². The van der Waals surface area contributed by atoms with Crippen LogP contribution in [0, 0.1) is 5.41 Å². The molecule has 3 N–H and O–H groups in total. The van der Waals surface area contributed by atoms with Crippen LogP contribution in [0.2, 0.25) is 0 Å². The first-order valence-corrected chi connectivity index (χ1v) is 6.57. The molecule has 0 spiro atoms. The first-order chi connectivity index (χ1) is 9.86. The predicted octanol–water partition coefficient (Wildman–Crippen LogP) is 2.50. The summed E-state index contributed by atoms with van der Waals surface area (Å²) in [6.07, 6.45) is 3.74. The molecule has 1 aliphatic heterocycles. The van der Waals surface area contributed by atoms with Gasteiger partial charge in [0.2, 0.25) is 6.79 Å². The topological polar surface area (TPSA) is 85.9 Å². The number of primary amides is 1. The van der Waals surface area contributed by atoms with E-state index in [0.29, 0.717) is 5.71 Å². The standard InChI is InChI=1S/C15H19N3O3/c1-15(2,3)13(17-18-14(16)19)7-5-10-4-6-11-12(8-10)21-9-20-11/h4-8H,9H2,1-3H3,(H3,16,18,19)/b7-5+,17-13+. The molecule has 0 radical (unpaired) electrons. The summed E-state index contributed by atoms with van der Waals surface area (Å²) in [5, 5.41) is 4.03. The molecule has 0 saturated carbocycles. The average molecular weight is 289 g/mol. The van der Waals surface area contributed by atoms with Gasteiger partial charge in [-0.2, -0.15) is 5.10 Å². The number of ether oxygens (including phenoxy) is 2. The van der Waals surface area contributed by atoms with Gasteiger partial charge >= 0.3 is 6.03 Å². The first-order valence-electron chi connectivity index (χ1n) is 6.57. The van der Waals surface area contributed by atoms with Gasteiger partial charge in [-0.05, 0) is 23.8 Å². The summed E-state index contributed by atoms with van der Waals surface area (Å²) in [4.78, 5) is 10.8. The highest BCUT2D eigenvalue weighted by atomic mass is 16.7. The van der Waals surface area contributed by atoms with Crippen molar-refractivity contribution in [1.82, 2.24) is 5.43 Å². The van der Waals surface area contributed by atoms with E-state index in [9.17, 15) is 4.79 Å². The molecule has 2 rings (SSSR count). The second kappa shape index (κ2) is 5.87. The molecule has 6 nitrogen and oxygen atoms in total. The average Bonchev–Trinajstić information content (AvgIpc) is 2.84. The van der Waals surface area contributed by atoms with Gasteiger partial charge in [-0.1, -0.05) is 32.9 Å². The highest BCUT2D eigenvalue weighted by Crippen LogP contribution is 2.32. The molecule has 6 heteroatoms. The third-order valence-electron chi connectivity index (χ3n) is 2.89. The fraction of sp³-hybridized carbons (Fsp3) is 0.333. The lowest BCUT2D eigenvalue weighted by molar-refractivity contribution is 0.174. The summed E-state index contributed by atoms with van der Waals surface area (Å²) < 4.78 is 10.6. The zero-order valence-corrected chi connectivity index (χ0v) is 12.3. The smallest absolute Gasteiger partial charge is 0.332 e. The summed E-state index contributed by atoms with van der Waals surface area (Å²) >= 11 is 0. The summed E-state index contributed by atoms with van der Waals surface area (Å²) in [6, 6.07) is 4.98. The maximum Gasteiger partial charge on any atom is 0.332 e. The molecule has 0 bridgehead atoms. The van der Waals surface area contributed by atoms with E-state index < -0.39 is 6.03 Å². The zero-order valence-electron chi connectivity index (χ0n) is 12.3. The van der Waals surface area contributed by atoms with Gasteiger partial charge in [-0.3, -0.25) is 0 Å². The number of hydrazone groups is 1. The number of nitrogens with two attached hydrogens (primary N) is 1. The number of nitrogens with zero attached hydrogens (tertiary/aromatic N) is 1. The van der Waals surface area contributed by atoms with Crippen LogP contribution in [-0.4, -0.2) is 18.5 Å². The van der Waals surface area contributed by atoms with Crippen LogP contribution in [0.25, 0.3) is 6.08 Å². The molecule has 0 fully saturated rings. The number of rotatable bonds is 3. The molecule has 0 atom stereocenters. The number of hydrogen-bond donors (Lipinski definition) is 2. The molecule has 21 heavy (non-hydrogen) atoms. The lowest BCUT2D eigenvalue weighted by Crippen LogP contribution is -2.28. The van der Waals surface area contributed by atoms with Crippen LogP contribution >= 0.6 is 0 Å². The second-order valence-corrected chi connectivity index (χ2v) is 5.67. The van der Waals surface area contributed by atoms with Crippen LogP contribution in [0.1, 0.15) is 26.3 Å². The Balaban J connectivity index is 2.20. The van der Waals surface area contributed by atoms with Crippen molar-refractivity contribution in [1.29, 1.82) is 0 Å². The number of allylic oxidation sites excluding steroid dienone is 1. The maximum absolute atomic E-state index is 10.8. The van der Waals surface area contributed by atoms with E-state index in [1.54, 1.807) is 0 Å². The van der Waals surface area contributed by atoms with Crippen molar-refractivity contribution in [2.45, 2.75) is 20.8 Å². The molecule has 0 saturated heterocycles. The Hall–Kier alpha value is -2.50. The van der Waals surface area contributed by atoms with Crippen LogP contribution in [0.3, 0.4) is 0 Å². The van der Waals surface area contributed by atoms with E-state index in [1.807, 2.05) is 51.1 Å². The highest BCUT2D eigenvalue weighted by Gasteiger charge is 2.17. The third-order valence-corrected chi connectivity index (χ3v) is 2.89. The number of carbonyl (C=O) groups is 1. The molecule has 112 valence electrons. The molecule has 1 aromatic rings. The van der Waals surface area contributed by atoms with E-state index in [-0.39, 0.29) is 12.2 Å². The van der Waals surface area contributed by atoms with Crippen LogP contribution < -0.4 is 20.6 Å². The predicted molar refractivity (Wildman–Crippen MR) is 81.2 cm³/mol. The lowest BCUT2D eigenvalue weighted by Gasteiger charge is -2.18. The Kier molecular flexibility index (Phi) is 4.16. The molecular formula is C15H19N3O3. The molecule has 2 amide bonds. The summed E-state index contributed by atoms with van der Waals surface area (Å²) in [6.45, 7) is 6.25. The fourth-order valence-corrected chi connectivity index (χ4v) is 1.76. The van der Waals surface area contributed by atoms with Crippen LogP contribution in [-0.2, 0) is 0 Å². The quantitative estimate of drug-likeness (QED) is 0.662. The Morgan fingerprint density at radius 3 is 2.71 bits per heavy atom. The van der Waals surface area contributed by atoms with Gasteiger partial charge in [0.1, 0.15) is 0 Å². The highest BCUT2D eigenvalue weighted by molar-refractivity contribution is 6.02. The van der Waals surface area contributed by atoms with Gasteiger partial charge in [0, 0.05) is 5.41 Å². The summed E-state index contributed by atoms with van der Waals surface area (Å²) in [5.74, 6) is 1.47. The molecule has 1 aromatic carbocycles. The summed E-state index contributed by atoms with van der Waals surface area (Å²) in [7, 11) is 0. The van der Waals surface area contributed by atoms with Crippen LogP contribution in [0.5, 0.6) is 11.5 Å². The molecule has 0 unspecified atom stereocenters. The minimum atomic E-state index is -0.687. The van der Waals surface area contributed by atoms with Gasteiger partial charge in [-0.25, -0.2) is 10.2 Å². The fourth-order valence-electron chi connectivity index (χ4n) is 1.76. The minimum absolute atomic E-state index is 0.227. The van der Waals surface area contributed by atoms with Crippen molar-refractivity contribution in [3.8, 4) is 11.5 Å². The molecular weight excluding hydrogens is 270 g/mol. The van der Waals surface area contributed by atoms with Gasteiger partial charge < -0.3 is 15.2 Å². The van der Waals surface area contributed by atoms with E-state index in [1.165, 1.54) is 0 Å². The van der Waals surface area contributed by atoms with Crippen molar-refractivity contribution in [2.75, 3.05) is 6.79 Å². The number of nitrogens with one attached hydrogen (secondary N) is 1.